The third-order valence-corrected chi connectivity index (χ3v) is 3.80. The summed E-state index contributed by atoms with van der Waals surface area (Å²) in [5.41, 5.74) is 0. The number of carboxylic acids is 1. The normalized spacial score (nSPS) is 18.3. The molecule has 0 aromatic heterocycles. The van der Waals surface area contributed by atoms with E-state index in [0.29, 0.717) is 6.42 Å². The molecule has 1 fully saturated rings. The Morgan fingerprint density at radius 3 is 2.14 bits per heavy atom. The van der Waals surface area contributed by atoms with Crippen molar-refractivity contribution in [1.29, 1.82) is 0 Å². The lowest BCUT2D eigenvalue weighted by Gasteiger charge is -2.21. The summed E-state index contributed by atoms with van der Waals surface area (Å²) in [5, 5.41) is 14.3. The quantitative estimate of drug-likeness (QED) is 0.660. The molecule has 0 heterocycles. The molecule has 6 nitrogen and oxygen atoms in total. The number of nitrogens with one attached hydrogen (secondary N) is 2. The number of carbonyl (C=O) groups excluding carboxylic acids is 2. The van der Waals surface area contributed by atoms with E-state index >= 15 is 0 Å². The first-order valence-electron chi connectivity index (χ1n) is 7.64. The SMILES string of the molecule is CC(C)CC(NC(=O)C(C)NC(=O)C1CCCC1)C(=O)O. The summed E-state index contributed by atoms with van der Waals surface area (Å²) in [4.78, 5) is 35.1. The molecule has 3 N–H and O–H groups in total. The molecule has 0 bridgehead atoms. The van der Waals surface area contributed by atoms with Crippen LogP contribution in [-0.4, -0.2) is 35.0 Å². The minimum absolute atomic E-state index is 0.00816. The second-order valence-electron chi connectivity index (χ2n) is 6.24. The van der Waals surface area contributed by atoms with Crippen LogP contribution in [0.25, 0.3) is 0 Å². The molecule has 0 radical (unpaired) electrons. The molecule has 1 saturated carbocycles. The van der Waals surface area contributed by atoms with Crippen molar-refractivity contribution in [3.8, 4) is 0 Å². The third-order valence-electron chi connectivity index (χ3n) is 3.80. The van der Waals surface area contributed by atoms with Gasteiger partial charge >= 0.3 is 5.97 Å². The van der Waals surface area contributed by atoms with Crippen LogP contribution in [0.1, 0.15) is 52.9 Å². The number of amides is 2. The highest BCUT2D eigenvalue weighted by molar-refractivity contribution is 5.90. The molecule has 6 heteroatoms. The third kappa shape index (κ3) is 5.73. The predicted octanol–water partition coefficient (Wildman–Crippen LogP) is 1.30. The van der Waals surface area contributed by atoms with E-state index in [1.165, 1.54) is 0 Å². The van der Waals surface area contributed by atoms with Gasteiger partial charge in [0.25, 0.3) is 0 Å². The molecule has 1 aliphatic carbocycles. The van der Waals surface area contributed by atoms with Crippen molar-refractivity contribution < 1.29 is 19.5 Å². The fourth-order valence-corrected chi connectivity index (χ4v) is 2.57. The molecule has 0 aromatic rings. The van der Waals surface area contributed by atoms with E-state index < -0.39 is 24.0 Å². The number of hydrogen-bond donors (Lipinski definition) is 3. The van der Waals surface area contributed by atoms with Gasteiger partial charge in [0.15, 0.2) is 0 Å². The van der Waals surface area contributed by atoms with E-state index in [4.69, 9.17) is 5.11 Å². The zero-order chi connectivity index (χ0) is 16.0. The molecule has 120 valence electrons. The maximum absolute atomic E-state index is 12.0. The number of carboxylic acid groups (broad SMARTS) is 1. The standard InChI is InChI=1S/C15H26N2O4/c1-9(2)8-12(15(20)21)17-13(18)10(3)16-14(19)11-6-4-5-7-11/h9-12H,4-8H2,1-3H3,(H,16,19)(H,17,18)(H,20,21). The fourth-order valence-electron chi connectivity index (χ4n) is 2.57. The minimum Gasteiger partial charge on any atom is -0.480 e. The van der Waals surface area contributed by atoms with Gasteiger partial charge in [0.05, 0.1) is 0 Å². The van der Waals surface area contributed by atoms with Gasteiger partial charge in [-0.05, 0) is 32.1 Å². The summed E-state index contributed by atoms with van der Waals surface area (Å²) in [6.45, 7) is 5.37. The largest absolute Gasteiger partial charge is 0.480 e. The Morgan fingerprint density at radius 2 is 1.67 bits per heavy atom. The lowest BCUT2D eigenvalue weighted by atomic mass is 10.0. The maximum atomic E-state index is 12.0. The monoisotopic (exact) mass is 298 g/mol. The fraction of sp³-hybridized carbons (Fsp3) is 0.800. The van der Waals surface area contributed by atoms with Gasteiger partial charge in [-0.25, -0.2) is 4.79 Å². The van der Waals surface area contributed by atoms with Crippen molar-refractivity contribution >= 4 is 17.8 Å². The van der Waals surface area contributed by atoms with Gasteiger partial charge < -0.3 is 15.7 Å². The molecule has 1 aliphatic rings. The molecule has 0 saturated heterocycles. The van der Waals surface area contributed by atoms with Gasteiger partial charge in [-0.2, -0.15) is 0 Å². The van der Waals surface area contributed by atoms with Crippen molar-refractivity contribution in [3.05, 3.63) is 0 Å². The summed E-state index contributed by atoms with van der Waals surface area (Å²) >= 11 is 0. The molecule has 0 spiro atoms. The van der Waals surface area contributed by atoms with Crippen molar-refractivity contribution in [1.82, 2.24) is 10.6 Å². The van der Waals surface area contributed by atoms with E-state index in [1.807, 2.05) is 13.8 Å². The van der Waals surface area contributed by atoms with Crippen molar-refractivity contribution in [2.24, 2.45) is 11.8 Å². The van der Waals surface area contributed by atoms with Crippen LogP contribution in [0.3, 0.4) is 0 Å². The zero-order valence-electron chi connectivity index (χ0n) is 13.0. The smallest absolute Gasteiger partial charge is 0.326 e. The Morgan fingerprint density at radius 1 is 1.10 bits per heavy atom. The first-order chi connectivity index (χ1) is 9.81. The highest BCUT2D eigenvalue weighted by Crippen LogP contribution is 2.24. The van der Waals surface area contributed by atoms with E-state index in [0.717, 1.165) is 25.7 Å². The Hall–Kier alpha value is -1.59. The van der Waals surface area contributed by atoms with Crippen LogP contribution in [-0.2, 0) is 14.4 Å². The predicted molar refractivity (Wildman–Crippen MR) is 78.6 cm³/mol. The Balaban J connectivity index is 2.48. The maximum Gasteiger partial charge on any atom is 0.326 e. The van der Waals surface area contributed by atoms with Gasteiger partial charge in [-0.3, -0.25) is 9.59 Å². The summed E-state index contributed by atoms with van der Waals surface area (Å²) in [6.07, 6.45) is 4.20. The number of rotatable bonds is 7. The van der Waals surface area contributed by atoms with Gasteiger partial charge in [-0.15, -0.1) is 0 Å². The molecular weight excluding hydrogens is 272 g/mol. The molecule has 0 aromatic carbocycles. The highest BCUT2D eigenvalue weighted by atomic mass is 16.4. The van der Waals surface area contributed by atoms with Crippen LogP contribution in [0.5, 0.6) is 0 Å². The van der Waals surface area contributed by atoms with Gasteiger partial charge in [0.2, 0.25) is 11.8 Å². The Kier molecular flexibility index (Phi) is 6.65. The number of aliphatic carboxylic acids is 1. The first kappa shape index (κ1) is 17.5. The van der Waals surface area contributed by atoms with Crippen LogP contribution in [0.15, 0.2) is 0 Å². The summed E-state index contributed by atoms with van der Waals surface area (Å²) in [6, 6.07) is -1.63. The van der Waals surface area contributed by atoms with Crippen LogP contribution < -0.4 is 10.6 Å². The molecule has 2 unspecified atom stereocenters. The lowest BCUT2D eigenvalue weighted by Crippen LogP contribution is -2.51. The second-order valence-corrected chi connectivity index (χ2v) is 6.24. The molecule has 0 aliphatic heterocycles. The average Bonchev–Trinajstić information content (AvgIpc) is 2.90. The summed E-state index contributed by atoms with van der Waals surface area (Å²) in [5.74, 6) is -1.45. The second kappa shape index (κ2) is 8.00. The zero-order valence-corrected chi connectivity index (χ0v) is 13.0. The number of hydrogen-bond acceptors (Lipinski definition) is 3. The van der Waals surface area contributed by atoms with Gasteiger partial charge in [0, 0.05) is 5.92 Å². The molecule has 1 rings (SSSR count). The molecule has 21 heavy (non-hydrogen) atoms. The molecule has 2 amide bonds. The highest BCUT2D eigenvalue weighted by Gasteiger charge is 2.27. The molecule has 2 atom stereocenters. The van der Waals surface area contributed by atoms with Crippen molar-refractivity contribution in [2.45, 2.75) is 65.0 Å². The van der Waals surface area contributed by atoms with E-state index in [2.05, 4.69) is 10.6 Å². The van der Waals surface area contributed by atoms with Gasteiger partial charge in [0.1, 0.15) is 12.1 Å². The van der Waals surface area contributed by atoms with Crippen LogP contribution in [0.4, 0.5) is 0 Å². The van der Waals surface area contributed by atoms with Crippen LogP contribution in [0.2, 0.25) is 0 Å². The first-order valence-corrected chi connectivity index (χ1v) is 7.64. The van der Waals surface area contributed by atoms with E-state index in [1.54, 1.807) is 6.92 Å². The van der Waals surface area contributed by atoms with Crippen molar-refractivity contribution in [2.75, 3.05) is 0 Å². The molecular formula is C15H26N2O4. The Bertz CT molecular complexity index is 389. The van der Waals surface area contributed by atoms with Crippen molar-refractivity contribution in [3.63, 3.8) is 0 Å². The van der Waals surface area contributed by atoms with E-state index in [9.17, 15) is 14.4 Å². The Labute approximate surface area is 125 Å². The minimum atomic E-state index is -1.05. The topological polar surface area (TPSA) is 95.5 Å². The van der Waals surface area contributed by atoms with E-state index in [-0.39, 0.29) is 17.7 Å². The summed E-state index contributed by atoms with van der Waals surface area (Å²) in [7, 11) is 0. The van der Waals surface area contributed by atoms with Crippen LogP contribution in [0, 0.1) is 11.8 Å². The van der Waals surface area contributed by atoms with Gasteiger partial charge in [-0.1, -0.05) is 26.7 Å². The summed E-state index contributed by atoms with van der Waals surface area (Å²) < 4.78 is 0. The lowest BCUT2D eigenvalue weighted by molar-refractivity contribution is -0.142. The number of carbonyl (C=O) groups is 3. The van der Waals surface area contributed by atoms with Crippen LogP contribution >= 0.6 is 0 Å². The average molecular weight is 298 g/mol.